The molecule has 1 aliphatic heterocycles. The lowest BCUT2D eigenvalue weighted by atomic mass is 9.77. The summed E-state index contributed by atoms with van der Waals surface area (Å²) in [6.07, 6.45) is 0. The zero-order chi connectivity index (χ0) is 16.0. The molecular weight excluding hydrogens is 352 g/mol. The summed E-state index contributed by atoms with van der Waals surface area (Å²) < 4.78 is 16.1. The molecule has 0 saturated carbocycles. The Hall–Kier alpha value is -0.720. The zero-order valence-corrected chi connectivity index (χ0v) is 15.3. The summed E-state index contributed by atoms with van der Waals surface area (Å²) in [5.41, 5.74) is 1.02. The van der Waals surface area contributed by atoms with Gasteiger partial charge in [0.1, 0.15) is 0 Å². The molecule has 2 rings (SSSR count). The van der Waals surface area contributed by atoms with Gasteiger partial charge in [0, 0.05) is 4.47 Å². The molecule has 1 heterocycles. The number of carbonyl (C=O) groups excluding carboxylic acids is 1. The highest BCUT2D eigenvalue weighted by molar-refractivity contribution is 9.10. The maximum atomic E-state index is 12.5. The van der Waals surface area contributed by atoms with E-state index in [1.54, 1.807) is 0 Å². The van der Waals surface area contributed by atoms with Gasteiger partial charge in [0.15, 0.2) is 0 Å². The molecule has 0 saturated heterocycles. The fraction of sp³-hybridized carbons (Fsp3) is 0.533. The van der Waals surface area contributed by atoms with Crippen LogP contribution in [0.1, 0.15) is 46.2 Å². The van der Waals surface area contributed by atoms with Gasteiger partial charge in [-0.15, -0.1) is 0 Å². The third-order valence-corrected chi connectivity index (χ3v) is 5.91. The van der Waals surface area contributed by atoms with Gasteiger partial charge in [0.05, 0.1) is 32.9 Å². The van der Waals surface area contributed by atoms with Crippen molar-refractivity contribution in [3.05, 3.63) is 28.2 Å². The Labute approximate surface area is 136 Å². The van der Waals surface area contributed by atoms with Crippen molar-refractivity contribution >= 4 is 38.5 Å². The Bertz CT molecular complexity index is 608. The maximum Gasteiger partial charge on any atom is 0.232 e. The van der Waals surface area contributed by atoms with Crippen LogP contribution in [-0.4, -0.2) is 14.9 Å². The monoisotopic (exact) mass is 372 g/mol. The molecule has 0 aliphatic carbocycles. The second kappa shape index (κ2) is 5.48. The first-order chi connectivity index (χ1) is 9.55. The van der Waals surface area contributed by atoms with E-state index in [1.165, 1.54) is 0 Å². The largest absolute Gasteiger partial charge is 0.324 e. The van der Waals surface area contributed by atoms with Gasteiger partial charge in [-0.1, -0.05) is 12.1 Å². The normalized spacial score (nSPS) is 22.4. The lowest BCUT2D eigenvalue weighted by Gasteiger charge is -2.40. The standard InChI is InChI=1S/C15H21BrN2O2S/c1-14(2,3)21(20)18-12-9-7-6-8-10(16)11(9)17-13(19)15(12,4)5/h6-8,12,18H,1-5H3,(H,17,19)/t12-,21-/m0/s1. The molecule has 1 aromatic rings. The minimum Gasteiger partial charge on any atom is -0.324 e. The van der Waals surface area contributed by atoms with Crippen molar-refractivity contribution < 1.29 is 9.00 Å². The number of hydrogen-bond donors (Lipinski definition) is 2. The van der Waals surface area contributed by atoms with Gasteiger partial charge in [0.2, 0.25) is 5.91 Å². The summed E-state index contributed by atoms with van der Waals surface area (Å²) in [7, 11) is -1.26. The lowest BCUT2D eigenvalue weighted by molar-refractivity contribution is -0.125. The number of carbonyl (C=O) groups is 1. The molecule has 116 valence electrons. The van der Waals surface area contributed by atoms with E-state index in [0.717, 1.165) is 15.7 Å². The summed E-state index contributed by atoms with van der Waals surface area (Å²) in [6, 6.07) is 5.46. The Morgan fingerprint density at radius 3 is 2.52 bits per heavy atom. The van der Waals surface area contributed by atoms with E-state index in [0.29, 0.717) is 0 Å². The molecule has 1 aliphatic rings. The van der Waals surface area contributed by atoms with E-state index in [-0.39, 0.29) is 11.9 Å². The number of anilines is 1. The quantitative estimate of drug-likeness (QED) is 0.834. The van der Waals surface area contributed by atoms with Gasteiger partial charge >= 0.3 is 0 Å². The van der Waals surface area contributed by atoms with Crippen LogP contribution >= 0.6 is 15.9 Å². The minimum absolute atomic E-state index is 0.0784. The summed E-state index contributed by atoms with van der Waals surface area (Å²) in [5, 5.41) is 2.94. The zero-order valence-electron chi connectivity index (χ0n) is 12.9. The van der Waals surface area contributed by atoms with E-state index in [2.05, 4.69) is 26.0 Å². The lowest BCUT2D eigenvalue weighted by Crippen LogP contribution is -2.49. The fourth-order valence-corrected chi connectivity index (χ4v) is 3.67. The molecular formula is C15H21BrN2O2S. The number of benzene rings is 1. The smallest absolute Gasteiger partial charge is 0.232 e. The molecule has 4 nitrogen and oxygen atoms in total. The number of halogens is 1. The molecule has 6 heteroatoms. The molecule has 0 fully saturated rings. The predicted octanol–water partition coefficient (Wildman–Crippen LogP) is 3.52. The summed E-state index contributed by atoms with van der Waals surface area (Å²) in [5.74, 6) is -0.0784. The molecule has 2 atom stereocenters. The van der Waals surface area contributed by atoms with Gasteiger partial charge in [-0.25, -0.2) is 8.93 Å². The number of fused-ring (bicyclic) bond motifs is 1. The highest BCUT2D eigenvalue weighted by Crippen LogP contribution is 2.45. The Balaban J connectivity index is 2.49. The molecule has 0 bridgehead atoms. The summed E-state index contributed by atoms with van der Waals surface area (Å²) >= 11 is 3.46. The van der Waals surface area contributed by atoms with Crippen LogP contribution in [0, 0.1) is 5.41 Å². The number of hydrogen-bond acceptors (Lipinski definition) is 2. The van der Waals surface area contributed by atoms with Crippen LogP contribution in [0.2, 0.25) is 0 Å². The molecule has 0 spiro atoms. The predicted molar refractivity (Wildman–Crippen MR) is 90.3 cm³/mol. The molecule has 0 aromatic heterocycles. The van der Waals surface area contributed by atoms with Gasteiger partial charge in [0.25, 0.3) is 0 Å². The minimum atomic E-state index is -1.26. The Morgan fingerprint density at radius 2 is 1.95 bits per heavy atom. The van der Waals surface area contributed by atoms with Crippen LogP contribution in [0.4, 0.5) is 5.69 Å². The van der Waals surface area contributed by atoms with Gasteiger partial charge in [-0.3, -0.25) is 4.79 Å². The van der Waals surface area contributed by atoms with Gasteiger partial charge in [-0.2, -0.15) is 0 Å². The first kappa shape index (κ1) is 16.6. The van der Waals surface area contributed by atoms with Crippen molar-refractivity contribution in [1.82, 2.24) is 4.72 Å². The molecule has 2 N–H and O–H groups in total. The summed E-state index contributed by atoms with van der Waals surface area (Å²) in [6.45, 7) is 9.46. The highest BCUT2D eigenvalue weighted by Gasteiger charge is 2.44. The first-order valence-corrected chi connectivity index (χ1v) is 8.77. The van der Waals surface area contributed by atoms with E-state index in [4.69, 9.17) is 0 Å². The SMILES string of the molecule is CC1(C)C(=O)Nc2c(Br)cccc2[C@@H]1N[S@@](=O)C(C)(C)C. The van der Waals surface area contributed by atoms with E-state index in [1.807, 2.05) is 52.8 Å². The maximum absolute atomic E-state index is 12.5. The fourth-order valence-electron chi connectivity index (χ4n) is 2.20. The van der Waals surface area contributed by atoms with E-state index < -0.39 is 21.1 Å². The van der Waals surface area contributed by atoms with Crippen LogP contribution in [0.25, 0.3) is 0 Å². The molecule has 0 unspecified atom stereocenters. The molecule has 1 amide bonds. The van der Waals surface area contributed by atoms with Crippen molar-refractivity contribution in [3.63, 3.8) is 0 Å². The molecule has 21 heavy (non-hydrogen) atoms. The molecule has 0 radical (unpaired) electrons. The average molecular weight is 373 g/mol. The van der Waals surface area contributed by atoms with Crippen molar-refractivity contribution in [2.45, 2.75) is 45.4 Å². The van der Waals surface area contributed by atoms with Crippen LogP contribution in [-0.2, 0) is 15.8 Å². The van der Waals surface area contributed by atoms with Crippen molar-refractivity contribution in [1.29, 1.82) is 0 Å². The highest BCUT2D eigenvalue weighted by atomic mass is 79.9. The van der Waals surface area contributed by atoms with Crippen LogP contribution < -0.4 is 10.0 Å². The number of nitrogens with one attached hydrogen (secondary N) is 2. The van der Waals surface area contributed by atoms with Crippen molar-refractivity contribution in [2.75, 3.05) is 5.32 Å². The first-order valence-electron chi connectivity index (χ1n) is 6.83. The van der Waals surface area contributed by atoms with Crippen molar-refractivity contribution in [3.8, 4) is 0 Å². The number of rotatable bonds is 2. The Kier molecular flexibility index (Phi) is 4.35. The second-order valence-corrected chi connectivity index (χ2v) is 9.66. The second-order valence-electron chi connectivity index (χ2n) is 6.81. The van der Waals surface area contributed by atoms with Crippen molar-refractivity contribution in [2.24, 2.45) is 5.41 Å². The third kappa shape index (κ3) is 3.07. The van der Waals surface area contributed by atoms with Gasteiger partial charge < -0.3 is 5.32 Å². The molecule has 1 aromatic carbocycles. The van der Waals surface area contributed by atoms with Crippen LogP contribution in [0.3, 0.4) is 0 Å². The Morgan fingerprint density at radius 1 is 1.33 bits per heavy atom. The van der Waals surface area contributed by atoms with E-state index >= 15 is 0 Å². The van der Waals surface area contributed by atoms with Crippen LogP contribution in [0.15, 0.2) is 22.7 Å². The average Bonchev–Trinajstić information content (AvgIpc) is 2.35. The third-order valence-electron chi connectivity index (χ3n) is 3.68. The summed E-state index contributed by atoms with van der Waals surface area (Å²) in [4.78, 5) is 12.4. The number of amides is 1. The van der Waals surface area contributed by atoms with E-state index in [9.17, 15) is 9.00 Å². The van der Waals surface area contributed by atoms with Crippen LogP contribution in [0.5, 0.6) is 0 Å². The topological polar surface area (TPSA) is 58.2 Å². The number of para-hydroxylation sites is 1. The van der Waals surface area contributed by atoms with Gasteiger partial charge in [-0.05, 0) is 62.2 Å².